The lowest BCUT2D eigenvalue weighted by molar-refractivity contribution is 0.0154. The summed E-state index contributed by atoms with van der Waals surface area (Å²) in [5.74, 6) is -0.757. The number of nitrogens with zero attached hydrogens (tertiary/aromatic N) is 4. The molecule has 162 valence electrons. The number of fused-ring (bicyclic) bond motifs is 1. The highest BCUT2D eigenvalue weighted by Crippen LogP contribution is 2.22. The monoisotopic (exact) mass is 418 g/mol. The summed E-state index contributed by atoms with van der Waals surface area (Å²) < 4.78 is 20.9. The molecule has 1 aromatic carbocycles. The standard InChI is InChI=1S/C20H26N4O6/c1-3-24(4-2)16-6-5-15-13-17(20(26)30-18(15)14-16)19(25)29-12-11-28-10-9-27-8-7-22-23-21/h5-6,13-14H,3-4,7-12H2,1-2H3. The summed E-state index contributed by atoms with van der Waals surface area (Å²) >= 11 is 0. The number of hydrogen-bond donors (Lipinski definition) is 0. The highest BCUT2D eigenvalue weighted by Gasteiger charge is 2.16. The average Bonchev–Trinajstić information content (AvgIpc) is 2.75. The zero-order valence-electron chi connectivity index (χ0n) is 17.2. The maximum Gasteiger partial charge on any atom is 0.351 e. The summed E-state index contributed by atoms with van der Waals surface area (Å²) in [6, 6.07) is 7.01. The van der Waals surface area contributed by atoms with Crippen molar-refractivity contribution in [2.45, 2.75) is 13.8 Å². The summed E-state index contributed by atoms with van der Waals surface area (Å²) in [5, 5.41) is 3.98. The summed E-state index contributed by atoms with van der Waals surface area (Å²) in [7, 11) is 0. The van der Waals surface area contributed by atoms with Crippen LogP contribution in [0.25, 0.3) is 21.4 Å². The lowest BCUT2D eigenvalue weighted by atomic mass is 10.1. The molecular formula is C20H26N4O6. The number of hydrogen-bond acceptors (Lipinski definition) is 8. The van der Waals surface area contributed by atoms with Gasteiger partial charge in [-0.05, 0) is 37.6 Å². The van der Waals surface area contributed by atoms with Crippen LogP contribution in [0.15, 0.2) is 38.6 Å². The minimum absolute atomic E-state index is 0.00403. The van der Waals surface area contributed by atoms with Crippen molar-refractivity contribution >= 4 is 22.6 Å². The topological polar surface area (TPSA) is 127 Å². The molecular weight excluding hydrogens is 392 g/mol. The number of esters is 1. The third-order valence-corrected chi connectivity index (χ3v) is 4.30. The van der Waals surface area contributed by atoms with Crippen LogP contribution in [0.4, 0.5) is 5.69 Å². The molecule has 1 aromatic heterocycles. The Hall–Kier alpha value is -3.07. The average molecular weight is 418 g/mol. The molecule has 0 fully saturated rings. The van der Waals surface area contributed by atoms with Crippen LogP contribution in [0.2, 0.25) is 0 Å². The lowest BCUT2D eigenvalue weighted by Gasteiger charge is -2.20. The molecule has 2 rings (SSSR count). The highest BCUT2D eigenvalue weighted by molar-refractivity contribution is 5.93. The van der Waals surface area contributed by atoms with Crippen molar-refractivity contribution in [3.05, 3.63) is 50.7 Å². The Kier molecular flexibility index (Phi) is 9.66. The van der Waals surface area contributed by atoms with Gasteiger partial charge in [-0.2, -0.15) is 0 Å². The van der Waals surface area contributed by atoms with E-state index < -0.39 is 11.6 Å². The van der Waals surface area contributed by atoms with Gasteiger partial charge in [-0.15, -0.1) is 0 Å². The summed E-state index contributed by atoms with van der Waals surface area (Å²) in [4.78, 5) is 29.2. The lowest BCUT2D eigenvalue weighted by Crippen LogP contribution is -2.22. The van der Waals surface area contributed by atoms with Crippen molar-refractivity contribution in [1.82, 2.24) is 0 Å². The first-order valence-electron chi connectivity index (χ1n) is 9.77. The van der Waals surface area contributed by atoms with E-state index in [9.17, 15) is 9.59 Å². The van der Waals surface area contributed by atoms with E-state index in [1.54, 1.807) is 6.07 Å². The van der Waals surface area contributed by atoms with Gasteiger partial charge in [0.25, 0.3) is 0 Å². The Labute approximate surface area is 173 Å². The molecule has 0 bridgehead atoms. The minimum atomic E-state index is -0.757. The molecule has 0 unspecified atom stereocenters. The van der Waals surface area contributed by atoms with Gasteiger partial charge < -0.3 is 23.5 Å². The Morgan fingerprint density at radius 1 is 1.10 bits per heavy atom. The number of ether oxygens (including phenoxy) is 3. The van der Waals surface area contributed by atoms with Gasteiger partial charge in [0.1, 0.15) is 17.8 Å². The van der Waals surface area contributed by atoms with Gasteiger partial charge in [0.05, 0.1) is 26.4 Å². The Morgan fingerprint density at radius 2 is 1.80 bits per heavy atom. The van der Waals surface area contributed by atoms with Crippen LogP contribution in [0.5, 0.6) is 0 Å². The fourth-order valence-electron chi connectivity index (χ4n) is 2.77. The molecule has 30 heavy (non-hydrogen) atoms. The Bertz CT molecular complexity index is 935. The smallest absolute Gasteiger partial charge is 0.351 e. The molecule has 0 aliphatic heterocycles. The van der Waals surface area contributed by atoms with Crippen LogP contribution in [0.3, 0.4) is 0 Å². The first-order valence-corrected chi connectivity index (χ1v) is 9.77. The van der Waals surface area contributed by atoms with Crippen molar-refractivity contribution in [1.29, 1.82) is 0 Å². The van der Waals surface area contributed by atoms with Gasteiger partial charge in [-0.25, -0.2) is 9.59 Å². The largest absolute Gasteiger partial charge is 0.459 e. The van der Waals surface area contributed by atoms with Crippen LogP contribution in [-0.4, -0.2) is 58.6 Å². The molecule has 0 saturated carbocycles. The van der Waals surface area contributed by atoms with E-state index in [2.05, 4.69) is 14.9 Å². The third-order valence-electron chi connectivity index (χ3n) is 4.30. The van der Waals surface area contributed by atoms with Gasteiger partial charge in [0.2, 0.25) is 0 Å². The van der Waals surface area contributed by atoms with Gasteiger partial charge in [0, 0.05) is 41.7 Å². The Morgan fingerprint density at radius 3 is 2.50 bits per heavy atom. The second-order valence-corrected chi connectivity index (χ2v) is 6.16. The Balaban J connectivity index is 1.85. The predicted molar refractivity (Wildman–Crippen MR) is 112 cm³/mol. The molecule has 0 aliphatic rings. The first kappa shape index (κ1) is 23.2. The molecule has 10 nitrogen and oxygen atoms in total. The fraction of sp³-hybridized carbons (Fsp3) is 0.500. The summed E-state index contributed by atoms with van der Waals surface area (Å²) in [6.07, 6.45) is 0. The second-order valence-electron chi connectivity index (χ2n) is 6.16. The van der Waals surface area contributed by atoms with E-state index in [1.165, 1.54) is 6.07 Å². The molecule has 0 atom stereocenters. The van der Waals surface area contributed by atoms with Crippen molar-refractivity contribution < 1.29 is 23.4 Å². The molecule has 2 aromatic rings. The number of benzene rings is 1. The molecule has 0 N–H and O–H groups in total. The maximum atomic E-state index is 12.2. The van der Waals surface area contributed by atoms with Crippen molar-refractivity contribution in [3.8, 4) is 0 Å². The molecule has 0 amide bonds. The number of rotatable bonds is 13. The van der Waals surface area contributed by atoms with E-state index >= 15 is 0 Å². The fourth-order valence-corrected chi connectivity index (χ4v) is 2.77. The zero-order chi connectivity index (χ0) is 21.8. The van der Waals surface area contributed by atoms with Crippen LogP contribution < -0.4 is 10.5 Å². The highest BCUT2D eigenvalue weighted by atomic mass is 16.6. The second kappa shape index (κ2) is 12.5. The third kappa shape index (κ3) is 6.77. The predicted octanol–water partition coefficient (Wildman–Crippen LogP) is 3.14. The van der Waals surface area contributed by atoms with Gasteiger partial charge in [-0.3, -0.25) is 0 Å². The van der Waals surface area contributed by atoms with E-state index in [1.807, 2.05) is 26.0 Å². The number of carbonyl (C=O) groups excluding carboxylic acids is 1. The van der Waals surface area contributed by atoms with Crippen LogP contribution in [0.1, 0.15) is 24.2 Å². The van der Waals surface area contributed by atoms with Crippen LogP contribution >= 0.6 is 0 Å². The summed E-state index contributed by atoms with van der Waals surface area (Å²) in [5.41, 5.74) is 8.60. The van der Waals surface area contributed by atoms with E-state index in [0.29, 0.717) is 30.8 Å². The quantitative estimate of drug-likeness (QED) is 0.122. The van der Waals surface area contributed by atoms with Crippen molar-refractivity contribution in [2.75, 3.05) is 57.6 Å². The van der Waals surface area contributed by atoms with E-state index in [4.69, 9.17) is 24.2 Å². The SMILES string of the molecule is CCN(CC)c1ccc2cc(C(=O)OCCOCCOCCN=[N+]=[N-])c(=O)oc2c1. The normalized spacial score (nSPS) is 10.6. The van der Waals surface area contributed by atoms with E-state index in [-0.39, 0.29) is 25.3 Å². The van der Waals surface area contributed by atoms with Crippen LogP contribution in [-0.2, 0) is 14.2 Å². The number of azide groups is 1. The van der Waals surface area contributed by atoms with Gasteiger partial charge in [0.15, 0.2) is 0 Å². The minimum Gasteiger partial charge on any atom is -0.459 e. The molecule has 0 saturated heterocycles. The molecule has 10 heteroatoms. The number of carbonyl (C=O) groups is 1. The van der Waals surface area contributed by atoms with Gasteiger partial charge in [-0.1, -0.05) is 5.11 Å². The molecule has 1 heterocycles. The maximum absolute atomic E-state index is 12.2. The van der Waals surface area contributed by atoms with Crippen molar-refractivity contribution in [2.24, 2.45) is 5.11 Å². The van der Waals surface area contributed by atoms with Crippen molar-refractivity contribution in [3.63, 3.8) is 0 Å². The van der Waals surface area contributed by atoms with Crippen LogP contribution in [0, 0.1) is 0 Å². The van der Waals surface area contributed by atoms with E-state index in [0.717, 1.165) is 18.8 Å². The summed E-state index contributed by atoms with van der Waals surface area (Å²) in [6.45, 7) is 7.14. The zero-order valence-corrected chi connectivity index (χ0v) is 17.2. The molecule has 0 spiro atoms. The molecule has 0 radical (unpaired) electrons. The number of anilines is 1. The first-order chi connectivity index (χ1) is 14.6. The van der Waals surface area contributed by atoms with Gasteiger partial charge >= 0.3 is 11.6 Å². The molecule has 0 aliphatic carbocycles.